The van der Waals surface area contributed by atoms with Crippen LogP contribution in [0.15, 0.2) is 59.5 Å². The zero-order valence-electron chi connectivity index (χ0n) is 17.6. The number of anilines is 2. The van der Waals surface area contributed by atoms with Gasteiger partial charge in [0.05, 0.1) is 5.69 Å². The standard InChI is InChI=1S/C23H23N3O6/c1-14-3-7-16(8-4-14)32-19-9-5-15(6-10-20(28)29)13-17(19)24-23(31)25-21-18(27)11-12-26(2)22(21)30/h3-5,7-9,11-13,27H,6,10H2,1-2H3,(H,28,29)(H2,24,25,31). The van der Waals surface area contributed by atoms with E-state index >= 15 is 0 Å². The molecule has 0 radical (unpaired) electrons. The highest BCUT2D eigenvalue weighted by molar-refractivity contribution is 6.01. The highest BCUT2D eigenvalue weighted by Gasteiger charge is 2.14. The highest BCUT2D eigenvalue weighted by atomic mass is 16.5. The lowest BCUT2D eigenvalue weighted by atomic mass is 10.1. The molecule has 166 valence electrons. The number of ether oxygens (including phenoxy) is 1. The molecule has 0 bridgehead atoms. The van der Waals surface area contributed by atoms with Crippen LogP contribution in [0, 0.1) is 6.92 Å². The maximum absolute atomic E-state index is 12.6. The van der Waals surface area contributed by atoms with Crippen molar-refractivity contribution in [2.75, 3.05) is 10.6 Å². The lowest BCUT2D eigenvalue weighted by Crippen LogP contribution is -2.28. The van der Waals surface area contributed by atoms with Crippen molar-refractivity contribution in [3.05, 3.63) is 76.2 Å². The van der Waals surface area contributed by atoms with E-state index in [0.717, 1.165) is 5.56 Å². The highest BCUT2D eigenvalue weighted by Crippen LogP contribution is 2.31. The number of carbonyl (C=O) groups is 2. The van der Waals surface area contributed by atoms with E-state index in [9.17, 15) is 19.5 Å². The van der Waals surface area contributed by atoms with Crippen molar-refractivity contribution in [3.8, 4) is 17.2 Å². The van der Waals surface area contributed by atoms with Crippen LogP contribution >= 0.6 is 0 Å². The summed E-state index contributed by atoms with van der Waals surface area (Å²) in [7, 11) is 1.47. The number of rotatable bonds is 7. The Morgan fingerprint density at radius 1 is 1.09 bits per heavy atom. The number of aryl methyl sites for hydroxylation is 3. The van der Waals surface area contributed by atoms with Gasteiger partial charge in [-0.25, -0.2) is 4.79 Å². The first-order valence-electron chi connectivity index (χ1n) is 9.79. The van der Waals surface area contributed by atoms with Gasteiger partial charge in [-0.05, 0) is 43.2 Å². The van der Waals surface area contributed by atoms with Crippen LogP contribution in [0.2, 0.25) is 0 Å². The van der Waals surface area contributed by atoms with Gasteiger partial charge in [0.2, 0.25) is 0 Å². The molecule has 9 heteroatoms. The summed E-state index contributed by atoms with van der Waals surface area (Å²) in [4.78, 5) is 35.7. The predicted molar refractivity (Wildman–Crippen MR) is 118 cm³/mol. The number of hydrogen-bond donors (Lipinski definition) is 2. The van der Waals surface area contributed by atoms with E-state index < -0.39 is 23.3 Å². The van der Waals surface area contributed by atoms with Crippen LogP contribution in [0.25, 0.3) is 0 Å². The molecule has 0 fully saturated rings. The average Bonchev–Trinajstić information content (AvgIpc) is 2.75. The fourth-order valence-electron chi connectivity index (χ4n) is 2.90. The molecule has 0 atom stereocenters. The number of nitrogens with zero attached hydrogens (tertiary/aromatic N) is 1. The number of benzene rings is 2. The minimum atomic E-state index is -0.798. The van der Waals surface area contributed by atoms with Gasteiger partial charge < -0.3 is 30.2 Å². The fraction of sp³-hybridized carbons (Fsp3) is 0.174. The van der Waals surface area contributed by atoms with Crippen molar-refractivity contribution >= 4 is 23.4 Å². The van der Waals surface area contributed by atoms with E-state index in [1.807, 2.05) is 19.1 Å². The number of amides is 2. The molecule has 3 rings (SSSR count). The minimum absolute atomic E-state index is 0.0312. The Bertz CT molecular complexity index is 1200. The van der Waals surface area contributed by atoms with E-state index in [1.165, 1.54) is 23.9 Å². The molecule has 0 saturated carbocycles. The van der Waals surface area contributed by atoms with Gasteiger partial charge in [0.1, 0.15) is 17.9 Å². The van der Waals surface area contributed by atoms with Crippen molar-refractivity contribution in [1.82, 2.24) is 4.57 Å². The molecule has 3 aromatic rings. The maximum atomic E-state index is 12.6. The molecule has 1 heterocycles. The summed E-state index contributed by atoms with van der Waals surface area (Å²) in [6.07, 6.45) is 1.66. The van der Waals surface area contributed by atoms with E-state index in [1.54, 1.807) is 30.3 Å². The van der Waals surface area contributed by atoms with E-state index in [0.29, 0.717) is 23.5 Å². The van der Waals surface area contributed by atoms with E-state index in [4.69, 9.17) is 9.84 Å². The molecule has 2 aromatic carbocycles. The van der Waals surface area contributed by atoms with Crippen molar-refractivity contribution < 1.29 is 24.5 Å². The Labute approximate surface area is 183 Å². The van der Waals surface area contributed by atoms with Gasteiger partial charge in [-0.2, -0.15) is 0 Å². The summed E-state index contributed by atoms with van der Waals surface area (Å²) < 4.78 is 7.07. The summed E-state index contributed by atoms with van der Waals surface area (Å²) in [5.41, 5.74) is 1.04. The second-order valence-corrected chi connectivity index (χ2v) is 7.22. The summed E-state index contributed by atoms with van der Waals surface area (Å²) in [6.45, 7) is 1.95. The maximum Gasteiger partial charge on any atom is 0.516 e. The Kier molecular flexibility index (Phi) is 6.79. The second kappa shape index (κ2) is 9.69. The Morgan fingerprint density at radius 3 is 2.50 bits per heavy atom. The first-order valence-corrected chi connectivity index (χ1v) is 9.79. The lowest BCUT2D eigenvalue weighted by molar-refractivity contribution is -0.267. The van der Waals surface area contributed by atoms with Gasteiger partial charge >= 0.3 is 12.0 Å². The quantitative estimate of drug-likeness (QED) is 0.547. The first-order chi connectivity index (χ1) is 15.2. The van der Waals surface area contributed by atoms with Crippen LogP contribution in [0.3, 0.4) is 0 Å². The van der Waals surface area contributed by atoms with Crippen LogP contribution in [0.5, 0.6) is 17.2 Å². The molecule has 1 aromatic heterocycles. The molecular weight excluding hydrogens is 414 g/mol. The van der Waals surface area contributed by atoms with Gasteiger partial charge in [0.25, 0.3) is 5.56 Å². The molecule has 9 nitrogen and oxygen atoms in total. The molecule has 0 saturated heterocycles. The molecular formula is C23H23N3O6. The van der Waals surface area contributed by atoms with Gasteiger partial charge in [-0.3, -0.25) is 4.79 Å². The van der Waals surface area contributed by atoms with Gasteiger partial charge in [-0.15, -0.1) is 0 Å². The SMILES string of the molecule is Cc1ccc(Oc2ccc(CCC(=O)[OH2+])cc2NC(=O)Nc2c([O-])ccn(C)c2=O)cc1. The third kappa shape index (κ3) is 5.66. The second-order valence-electron chi connectivity index (χ2n) is 7.22. The lowest BCUT2D eigenvalue weighted by Gasteiger charge is -2.17. The van der Waals surface area contributed by atoms with Crippen molar-refractivity contribution in [2.24, 2.45) is 7.05 Å². The smallest absolute Gasteiger partial charge is 0.516 e. The number of carbonyl (C=O) groups excluding carboxylic acids is 2. The largest absolute Gasteiger partial charge is 0.871 e. The van der Waals surface area contributed by atoms with Crippen molar-refractivity contribution in [2.45, 2.75) is 19.8 Å². The molecule has 0 aliphatic heterocycles. The molecule has 2 amide bonds. The molecule has 4 N–H and O–H groups in total. The number of nitrogens with one attached hydrogen (secondary N) is 2. The molecule has 32 heavy (non-hydrogen) atoms. The molecule has 0 aliphatic rings. The van der Waals surface area contributed by atoms with Gasteiger partial charge in [-0.1, -0.05) is 35.6 Å². The van der Waals surface area contributed by atoms with Gasteiger partial charge in [0, 0.05) is 18.0 Å². The normalized spacial score (nSPS) is 10.4. The van der Waals surface area contributed by atoms with Crippen LogP contribution in [0.1, 0.15) is 17.5 Å². The molecule has 0 aliphatic carbocycles. The van der Waals surface area contributed by atoms with Crippen LogP contribution in [-0.4, -0.2) is 21.7 Å². The average molecular weight is 437 g/mol. The topological polar surface area (TPSA) is 135 Å². The first kappa shape index (κ1) is 22.4. The summed E-state index contributed by atoms with van der Waals surface area (Å²) in [6, 6.07) is 12.7. The monoisotopic (exact) mass is 437 g/mol. The third-order valence-corrected chi connectivity index (χ3v) is 4.65. The summed E-state index contributed by atoms with van der Waals surface area (Å²) in [5.74, 6) is -0.428. The zero-order valence-corrected chi connectivity index (χ0v) is 17.6. The van der Waals surface area contributed by atoms with Crippen molar-refractivity contribution in [1.29, 1.82) is 0 Å². The number of urea groups is 1. The van der Waals surface area contributed by atoms with Crippen LogP contribution in [0.4, 0.5) is 16.2 Å². The predicted octanol–water partition coefficient (Wildman–Crippen LogP) is 2.39. The third-order valence-electron chi connectivity index (χ3n) is 4.65. The fourth-order valence-corrected chi connectivity index (χ4v) is 2.90. The van der Waals surface area contributed by atoms with E-state index in [-0.39, 0.29) is 17.8 Å². The summed E-state index contributed by atoms with van der Waals surface area (Å²) in [5, 5.41) is 24.0. The molecule has 0 unspecified atom stereocenters. The van der Waals surface area contributed by atoms with Crippen LogP contribution in [-0.2, 0) is 18.3 Å². The Balaban J connectivity index is 1.87. The van der Waals surface area contributed by atoms with Crippen LogP contribution < -0.4 is 26.0 Å². The molecule has 0 spiro atoms. The van der Waals surface area contributed by atoms with Gasteiger partial charge in [0.15, 0.2) is 5.75 Å². The summed E-state index contributed by atoms with van der Waals surface area (Å²) >= 11 is 0. The number of aromatic nitrogens is 1. The Hall–Kier alpha value is -4.27. The van der Waals surface area contributed by atoms with Crippen molar-refractivity contribution in [3.63, 3.8) is 0 Å². The van der Waals surface area contributed by atoms with E-state index in [2.05, 4.69) is 10.6 Å². The Morgan fingerprint density at radius 2 is 1.81 bits per heavy atom. The number of pyridine rings is 1. The zero-order chi connectivity index (χ0) is 23.3. The minimum Gasteiger partial charge on any atom is -0.871 e. The number of hydrogen-bond acceptors (Lipinski definition) is 5.